The van der Waals surface area contributed by atoms with Crippen molar-refractivity contribution in [3.63, 3.8) is 0 Å². The lowest BCUT2D eigenvalue weighted by Crippen LogP contribution is -1.50. The quantitative estimate of drug-likeness (QED) is 0.344. The van der Waals surface area contributed by atoms with Crippen molar-refractivity contribution in [1.29, 1.82) is 0 Å². The maximum absolute atomic E-state index is 4.85. The molecule has 1 heteroatoms. The minimum atomic E-state index is 0.873. The highest BCUT2D eigenvalue weighted by molar-refractivity contribution is 7.84. The molecular formula is C5H6S. The van der Waals surface area contributed by atoms with Crippen molar-refractivity contribution in [2.24, 2.45) is 0 Å². The van der Waals surface area contributed by atoms with E-state index in [1.807, 2.05) is 6.92 Å². The maximum atomic E-state index is 4.85. The lowest BCUT2D eigenvalue weighted by Gasteiger charge is -1.72. The molecular weight excluding hydrogens is 92.1 g/mol. The lowest BCUT2D eigenvalue weighted by atomic mass is 10.5. The molecule has 0 radical (unpaired) electrons. The Morgan fingerprint density at radius 2 is 2.50 bits per heavy atom. The van der Waals surface area contributed by atoms with Gasteiger partial charge in [0.25, 0.3) is 0 Å². The zero-order valence-corrected chi connectivity index (χ0v) is 4.50. The highest BCUT2D eigenvalue weighted by atomic mass is 32.1. The van der Waals surface area contributed by atoms with Crippen molar-refractivity contribution in [1.82, 2.24) is 0 Å². The van der Waals surface area contributed by atoms with Crippen molar-refractivity contribution in [2.45, 2.75) is 6.92 Å². The van der Waals surface area contributed by atoms with Crippen LogP contribution >= 0.6 is 12.6 Å². The van der Waals surface area contributed by atoms with Gasteiger partial charge in [0.15, 0.2) is 0 Å². The summed E-state index contributed by atoms with van der Waals surface area (Å²) in [6.45, 7) is 1.84. The normalized spacial score (nSPS) is 10.5. The molecule has 0 unspecified atom stereocenters. The van der Waals surface area contributed by atoms with E-state index in [2.05, 4.69) is 18.5 Å². The van der Waals surface area contributed by atoms with Crippen LogP contribution < -0.4 is 0 Å². The third-order valence-corrected chi connectivity index (χ3v) is 0.421. The SMILES string of the molecule is C#C/C=C(\C)S. The van der Waals surface area contributed by atoms with Crippen LogP contribution in [0.5, 0.6) is 0 Å². The van der Waals surface area contributed by atoms with E-state index in [-0.39, 0.29) is 0 Å². The van der Waals surface area contributed by atoms with Crippen LogP contribution in [0, 0.1) is 12.3 Å². The molecule has 0 aromatic carbocycles. The molecule has 0 nitrogen and oxygen atoms in total. The molecule has 0 heterocycles. The summed E-state index contributed by atoms with van der Waals surface area (Å²) in [5.74, 6) is 2.33. The summed E-state index contributed by atoms with van der Waals surface area (Å²) < 4.78 is 0. The number of terminal acetylenes is 1. The predicted molar refractivity (Wildman–Crippen MR) is 31.6 cm³/mol. The average Bonchev–Trinajstić information content (AvgIpc) is 1.35. The molecule has 0 bridgehead atoms. The summed E-state index contributed by atoms with van der Waals surface area (Å²) in [5.41, 5.74) is 0. The van der Waals surface area contributed by atoms with Gasteiger partial charge in [-0.25, -0.2) is 0 Å². The van der Waals surface area contributed by atoms with E-state index < -0.39 is 0 Å². The van der Waals surface area contributed by atoms with Crippen molar-refractivity contribution >= 4 is 12.6 Å². The highest BCUT2D eigenvalue weighted by Gasteiger charge is 1.65. The monoisotopic (exact) mass is 98.0 g/mol. The van der Waals surface area contributed by atoms with Crippen LogP contribution in [0.4, 0.5) is 0 Å². The third-order valence-electron chi connectivity index (χ3n) is 0.292. The molecule has 0 N–H and O–H groups in total. The summed E-state index contributed by atoms with van der Waals surface area (Å²) in [4.78, 5) is 0.873. The van der Waals surface area contributed by atoms with Gasteiger partial charge in [-0.1, -0.05) is 5.92 Å². The van der Waals surface area contributed by atoms with E-state index in [0.717, 1.165) is 4.91 Å². The van der Waals surface area contributed by atoms with E-state index in [1.165, 1.54) is 0 Å². The Kier molecular flexibility index (Phi) is 2.70. The summed E-state index contributed by atoms with van der Waals surface area (Å²) in [7, 11) is 0. The molecule has 0 saturated carbocycles. The first-order chi connectivity index (χ1) is 2.77. The molecule has 0 rings (SSSR count). The average molecular weight is 98.2 g/mol. The van der Waals surface area contributed by atoms with E-state index in [0.29, 0.717) is 0 Å². The zero-order chi connectivity index (χ0) is 4.99. The molecule has 0 spiro atoms. The van der Waals surface area contributed by atoms with Crippen molar-refractivity contribution in [2.75, 3.05) is 0 Å². The van der Waals surface area contributed by atoms with Crippen LogP contribution in [-0.4, -0.2) is 0 Å². The van der Waals surface area contributed by atoms with Gasteiger partial charge in [-0.15, -0.1) is 19.1 Å². The first kappa shape index (κ1) is 5.65. The van der Waals surface area contributed by atoms with Gasteiger partial charge in [0, 0.05) is 0 Å². The van der Waals surface area contributed by atoms with Crippen molar-refractivity contribution in [3.05, 3.63) is 11.0 Å². The molecule has 0 saturated heterocycles. The molecule has 0 aliphatic heterocycles. The molecule has 32 valence electrons. The fraction of sp³-hybridized carbons (Fsp3) is 0.200. The molecule has 0 amide bonds. The number of allylic oxidation sites excluding steroid dienone is 2. The fourth-order valence-electron chi connectivity index (χ4n) is 0.121. The number of hydrogen-bond acceptors (Lipinski definition) is 1. The van der Waals surface area contributed by atoms with Crippen molar-refractivity contribution < 1.29 is 0 Å². The van der Waals surface area contributed by atoms with Crippen LogP contribution in [0.25, 0.3) is 0 Å². The Bertz CT molecular complexity index is 91.0. The number of rotatable bonds is 0. The second-order valence-corrected chi connectivity index (χ2v) is 1.66. The summed E-state index contributed by atoms with van der Waals surface area (Å²) >= 11 is 3.90. The largest absolute Gasteiger partial charge is 0.148 e. The topological polar surface area (TPSA) is 0 Å². The minimum Gasteiger partial charge on any atom is -0.148 e. The van der Waals surface area contributed by atoms with Gasteiger partial charge in [0.05, 0.1) is 0 Å². The Morgan fingerprint density at radius 3 is 2.50 bits per heavy atom. The molecule has 0 aromatic heterocycles. The highest BCUT2D eigenvalue weighted by Crippen LogP contribution is 1.92. The summed E-state index contributed by atoms with van der Waals surface area (Å²) in [6, 6.07) is 0. The fourth-order valence-corrected chi connectivity index (χ4v) is 0.195. The van der Waals surface area contributed by atoms with E-state index >= 15 is 0 Å². The van der Waals surface area contributed by atoms with Crippen LogP contribution in [0.3, 0.4) is 0 Å². The number of hydrogen-bond donors (Lipinski definition) is 1. The van der Waals surface area contributed by atoms with E-state index in [1.54, 1.807) is 6.08 Å². The second kappa shape index (κ2) is 2.87. The van der Waals surface area contributed by atoms with Gasteiger partial charge in [-0.3, -0.25) is 0 Å². The van der Waals surface area contributed by atoms with Crippen LogP contribution in [-0.2, 0) is 0 Å². The summed E-state index contributed by atoms with van der Waals surface area (Å²) in [5, 5.41) is 0. The second-order valence-electron chi connectivity index (χ2n) is 0.952. The first-order valence-electron chi connectivity index (χ1n) is 1.59. The minimum absolute atomic E-state index is 0.873. The van der Waals surface area contributed by atoms with Gasteiger partial charge in [0.1, 0.15) is 0 Å². The van der Waals surface area contributed by atoms with Crippen LogP contribution in [0.1, 0.15) is 6.92 Å². The van der Waals surface area contributed by atoms with Gasteiger partial charge >= 0.3 is 0 Å². The first-order valence-corrected chi connectivity index (χ1v) is 2.04. The third kappa shape index (κ3) is 3.65. The standard InChI is InChI=1S/C5H6S/c1-3-4-5(2)6/h1,4,6H,2H3/b5-4+. The molecule has 0 aliphatic rings. The zero-order valence-electron chi connectivity index (χ0n) is 3.60. The summed E-state index contributed by atoms with van der Waals surface area (Å²) in [6.07, 6.45) is 6.45. The Hall–Kier alpha value is -0.350. The van der Waals surface area contributed by atoms with E-state index in [9.17, 15) is 0 Å². The maximum Gasteiger partial charge on any atom is -0.00317 e. The van der Waals surface area contributed by atoms with Crippen LogP contribution in [0.15, 0.2) is 11.0 Å². The Balaban J connectivity index is 3.51. The molecule has 0 fully saturated rings. The predicted octanol–water partition coefficient (Wildman–Crippen LogP) is 1.45. The molecule has 0 aromatic rings. The van der Waals surface area contributed by atoms with Crippen LogP contribution in [0.2, 0.25) is 0 Å². The lowest BCUT2D eigenvalue weighted by molar-refractivity contribution is 1.71. The molecule has 0 aliphatic carbocycles. The number of thiol groups is 1. The van der Waals surface area contributed by atoms with Gasteiger partial charge in [0.2, 0.25) is 0 Å². The van der Waals surface area contributed by atoms with E-state index in [4.69, 9.17) is 6.42 Å². The Labute approximate surface area is 43.7 Å². The van der Waals surface area contributed by atoms with Gasteiger partial charge in [-0.05, 0) is 17.9 Å². The molecule has 6 heavy (non-hydrogen) atoms. The Morgan fingerprint density at radius 1 is 2.00 bits per heavy atom. The smallest absolute Gasteiger partial charge is 0.00317 e. The van der Waals surface area contributed by atoms with Gasteiger partial charge < -0.3 is 0 Å². The van der Waals surface area contributed by atoms with Gasteiger partial charge in [-0.2, -0.15) is 0 Å². The van der Waals surface area contributed by atoms with Crippen molar-refractivity contribution in [3.8, 4) is 12.3 Å². The molecule has 0 atom stereocenters.